The summed E-state index contributed by atoms with van der Waals surface area (Å²) in [5.74, 6) is -0.0208. The first kappa shape index (κ1) is 67.6. The zero-order chi connectivity index (χ0) is 50.0. The zero-order valence-corrected chi connectivity index (χ0v) is 46.8. The fraction of sp³-hybridized carbons (Fsp3) is 0.937. The molecule has 2 atom stereocenters. The number of hydrogen-bond acceptors (Lipinski definition) is 5. The van der Waals surface area contributed by atoms with Gasteiger partial charge in [0.25, 0.3) is 0 Å². The van der Waals surface area contributed by atoms with Crippen molar-refractivity contribution in [2.24, 2.45) is 0 Å². The van der Waals surface area contributed by atoms with E-state index in [2.05, 4.69) is 31.3 Å². The van der Waals surface area contributed by atoms with Gasteiger partial charge in [0, 0.05) is 12.8 Å². The summed E-state index contributed by atoms with van der Waals surface area (Å²) in [6.45, 7) is 4.96. The molecule has 6 nitrogen and oxygen atoms in total. The number of esters is 1. The Morgan fingerprint density at radius 2 is 0.681 bits per heavy atom. The van der Waals surface area contributed by atoms with E-state index < -0.39 is 12.1 Å². The molecule has 0 aromatic carbocycles. The molecule has 0 aliphatic carbocycles. The van der Waals surface area contributed by atoms with Crippen LogP contribution in [0.1, 0.15) is 354 Å². The van der Waals surface area contributed by atoms with Crippen molar-refractivity contribution in [3.8, 4) is 0 Å². The molecule has 410 valence electrons. The molecule has 0 saturated heterocycles. The molecule has 0 rings (SSSR count). The minimum atomic E-state index is -0.663. The summed E-state index contributed by atoms with van der Waals surface area (Å²) in [6, 6.07) is -0.541. The van der Waals surface area contributed by atoms with E-state index in [1.54, 1.807) is 0 Å². The van der Waals surface area contributed by atoms with Gasteiger partial charge in [0.1, 0.15) is 0 Å². The Morgan fingerprint density at radius 3 is 1.03 bits per heavy atom. The molecule has 0 spiro atoms. The molecule has 0 bridgehead atoms. The van der Waals surface area contributed by atoms with Crippen LogP contribution in [0.5, 0.6) is 0 Å². The fourth-order valence-electron chi connectivity index (χ4n) is 9.99. The Kier molecular flexibility index (Phi) is 58.0. The highest BCUT2D eigenvalue weighted by Crippen LogP contribution is 2.18. The van der Waals surface area contributed by atoms with Crippen LogP contribution in [0.15, 0.2) is 12.2 Å². The van der Waals surface area contributed by atoms with Gasteiger partial charge in [0.05, 0.1) is 25.4 Å². The molecule has 0 radical (unpaired) electrons. The number of allylic oxidation sites excluding steroid dienone is 2. The smallest absolute Gasteiger partial charge is 0.305 e. The Morgan fingerprint density at radius 1 is 0.391 bits per heavy atom. The summed E-state index contributed by atoms with van der Waals surface area (Å²) in [7, 11) is 0. The standard InChI is InChI=1S/C63H123NO5/c1-3-5-7-9-11-13-14-15-16-17-28-31-34-37-41-45-49-53-57-63(68)69-58-54-50-46-42-38-35-32-29-26-24-22-20-18-19-21-23-25-27-30-33-36-40-44-48-52-56-62(67)64-60(59-65)61(66)55-51-47-43-39-12-10-8-6-4-2/h19,21,60-61,65-66H,3-18,20,22-59H2,1-2H3,(H,64,67)/b21-19-. The first-order valence-electron chi connectivity index (χ1n) is 31.4. The van der Waals surface area contributed by atoms with Crippen molar-refractivity contribution in [3.05, 3.63) is 12.2 Å². The number of carbonyl (C=O) groups excluding carboxylic acids is 2. The van der Waals surface area contributed by atoms with Crippen LogP contribution < -0.4 is 5.32 Å². The third-order valence-corrected chi connectivity index (χ3v) is 14.8. The lowest BCUT2D eigenvalue weighted by Crippen LogP contribution is -2.45. The average Bonchev–Trinajstić information content (AvgIpc) is 3.35. The van der Waals surface area contributed by atoms with Crippen molar-refractivity contribution in [3.63, 3.8) is 0 Å². The van der Waals surface area contributed by atoms with E-state index >= 15 is 0 Å². The number of aliphatic hydroxyl groups excluding tert-OH is 2. The maximum atomic E-state index is 12.4. The maximum Gasteiger partial charge on any atom is 0.305 e. The average molecular weight is 975 g/mol. The molecule has 0 aliphatic rings. The summed E-state index contributed by atoms with van der Waals surface area (Å²) >= 11 is 0. The van der Waals surface area contributed by atoms with Crippen LogP contribution in [0.3, 0.4) is 0 Å². The van der Waals surface area contributed by atoms with Gasteiger partial charge in [0.15, 0.2) is 0 Å². The molecular weight excluding hydrogens is 851 g/mol. The number of carbonyl (C=O) groups is 2. The number of ether oxygens (including phenoxy) is 1. The lowest BCUT2D eigenvalue weighted by atomic mass is 10.0. The summed E-state index contributed by atoms with van der Waals surface area (Å²) in [4.78, 5) is 24.5. The first-order chi connectivity index (χ1) is 34.0. The molecule has 69 heavy (non-hydrogen) atoms. The SMILES string of the molecule is CCCCCCCCCCCCCCCCCCCCC(=O)OCCCCCCCCCCCCCC/C=C\CCCCCCCCCCCC(=O)NC(CO)C(O)CCCCCCCCCCC. The van der Waals surface area contributed by atoms with Crippen LogP contribution in [0, 0.1) is 0 Å². The van der Waals surface area contributed by atoms with Gasteiger partial charge < -0.3 is 20.3 Å². The minimum absolute atomic E-state index is 0.0183. The molecule has 0 heterocycles. The van der Waals surface area contributed by atoms with Gasteiger partial charge in [-0.25, -0.2) is 0 Å². The highest BCUT2D eigenvalue weighted by Gasteiger charge is 2.20. The lowest BCUT2D eigenvalue weighted by molar-refractivity contribution is -0.143. The van der Waals surface area contributed by atoms with E-state index in [0.717, 1.165) is 38.5 Å². The topological polar surface area (TPSA) is 95.9 Å². The van der Waals surface area contributed by atoms with Crippen molar-refractivity contribution < 1.29 is 24.5 Å². The van der Waals surface area contributed by atoms with Gasteiger partial charge in [-0.1, -0.05) is 302 Å². The van der Waals surface area contributed by atoms with Crippen LogP contribution in [0.4, 0.5) is 0 Å². The molecule has 0 aromatic heterocycles. The normalized spacial score (nSPS) is 12.6. The van der Waals surface area contributed by atoms with E-state index in [1.807, 2.05) is 0 Å². The maximum absolute atomic E-state index is 12.4. The summed E-state index contributed by atoms with van der Waals surface area (Å²) in [6.07, 6.45) is 71.0. The van der Waals surface area contributed by atoms with Crippen LogP contribution >= 0.6 is 0 Å². The molecule has 0 aromatic rings. The Labute approximate surface area is 431 Å². The van der Waals surface area contributed by atoms with Gasteiger partial charge in [0.2, 0.25) is 5.91 Å². The third kappa shape index (κ3) is 55.8. The second kappa shape index (κ2) is 59.2. The van der Waals surface area contributed by atoms with Crippen molar-refractivity contribution >= 4 is 11.9 Å². The number of aliphatic hydroxyl groups is 2. The Balaban J connectivity index is 3.33. The molecule has 1 amide bonds. The second-order valence-corrected chi connectivity index (χ2v) is 21.7. The van der Waals surface area contributed by atoms with Crippen LogP contribution in [0.25, 0.3) is 0 Å². The minimum Gasteiger partial charge on any atom is -0.466 e. The Bertz CT molecular complexity index is 1030. The predicted molar refractivity (Wildman–Crippen MR) is 301 cm³/mol. The van der Waals surface area contributed by atoms with E-state index in [4.69, 9.17) is 4.74 Å². The van der Waals surface area contributed by atoms with E-state index in [0.29, 0.717) is 25.9 Å². The molecule has 0 fully saturated rings. The monoisotopic (exact) mass is 974 g/mol. The highest BCUT2D eigenvalue weighted by molar-refractivity contribution is 5.76. The van der Waals surface area contributed by atoms with Crippen molar-refractivity contribution in [2.75, 3.05) is 13.2 Å². The molecule has 6 heteroatoms. The van der Waals surface area contributed by atoms with Gasteiger partial charge in [-0.15, -0.1) is 0 Å². The number of nitrogens with one attached hydrogen (secondary N) is 1. The zero-order valence-electron chi connectivity index (χ0n) is 46.8. The van der Waals surface area contributed by atoms with E-state index in [1.165, 1.54) is 283 Å². The summed E-state index contributed by atoms with van der Waals surface area (Å²) in [5, 5.41) is 23.1. The predicted octanol–water partition coefficient (Wildman–Crippen LogP) is 19.6. The largest absolute Gasteiger partial charge is 0.466 e. The molecule has 0 saturated carbocycles. The molecule has 2 unspecified atom stereocenters. The van der Waals surface area contributed by atoms with Crippen molar-refractivity contribution in [2.45, 2.75) is 366 Å². The summed E-state index contributed by atoms with van der Waals surface area (Å²) < 4.78 is 5.50. The highest BCUT2D eigenvalue weighted by atomic mass is 16.5. The van der Waals surface area contributed by atoms with Gasteiger partial charge >= 0.3 is 5.97 Å². The van der Waals surface area contributed by atoms with Crippen LogP contribution in [-0.2, 0) is 14.3 Å². The molecular formula is C63H123NO5. The van der Waals surface area contributed by atoms with Crippen molar-refractivity contribution in [1.29, 1.82) is 0 Å². The lowest BCUT2D eigenvalue weighted by Gasteiger charge is -2.22. The number of amides is 1. The quantitative estimate of drug-likeness (QED) is 0.0321. The second-order valence-electron chi connectivity index (χ2n) is 21.7. The number of rotatable bonds is 59. The van der Waals surface area contributed by atoms with Gasteiger partial charge in [-0.2, -0.15) is 0 Å². The molecule has 3 N–H and O–H groups in total. The fourth-order valence-corrected chi connectivity index (χ4v) is 9.99. The van der Waals surface area contributed by atoms with Crippen LogP contribution in [0.2, 0.25) is 0 Å². The Hall–Kier alpha value is -1.40. The van der Waals surface area contributed by atoms with E-state index in [9.17, 15) is 19.8 Å². The third-order valence-electron chi connectivity index (χ3n) is 14.8. The number of unbranched alkanes of at least 4 members (excludes halogenated alkanes) is 46. The summed E-state index contributed by atoms with van der Waals surface area (Å²) in [5.41, 5.74) is 0. The number of hydrogen-bond donors (Lipinski definition) is 3. The van der Waals surface area contributed by atoms with Crippen LogP contribution in [-0.4, -0.2) is 47.4 Å². The first-order valence-corrected chi connectivity index (χ1v) is 31.4. The van der Waals surface area contributed by atoms with Gasteiger partial charge in [-0.05, 0) is 51.4 Å². The van der Waals surface area contributed by atoms with Crippen molar-refractivity contribution in [1.82, 2.24) is 5.32 Å². The van der Waals surface area contributed by atoms with E-state index in [-0.39, 0.29) is 18.5 Å². The molecule has 0 aliphatic heterocycles. The van der Waals surface area contributed by atoms with Gasteiger partial charge in [-0.3, -0.25) is 9.59 Å².